The Labute approximate surface area is 153 Å². The number of carbonyl (C=O) groups is 1. The molecule has 0 radical (unpaired) electrons. The molecule has 0 atom stereocenters. The molecule has 1 amide bonds. The standard InChI is InChI=1S/C18H15N3O4S/c1-11-8-13(6-7-16(11)21(23)24)17(22)20-18-19-15(10-26-18)12-4-3-5-14(9-12)25-2/h3-10H,1-2H3,(H,19,20,22). The van der Waals surface area contributed by atoms with Crippen LogP contribution in [0.1, 0.15) is 15.9 Å². The summed E-state index contributed by atoms with van der Waals surface area (Å²) in [5.74, 6) is 0.358. The minimum Gasteiger partial charge on any atom is -0.497 e. The summed E-state index contributed by atoms with van der Waals surface area (Å²) in [7, 11) is 1.60. The SMILES string of the molecule is COc1cccc(-c2csc(NC(=O)c3ccc([N+](=O)[O-])c(C)c3)n2)c1. The molecule has 3 rings (SSSR count). The van der Waals surface area contributed by atoms with Crippen molar-refractivity contribution in [3.05, 3.63) is 69.1 Å². The number of anilines is 1. The third kappa shape index (κ3) is 3.70. The number of benzene rings is 2. The molecule has 1 heterocycles. The van der Waals surface area contributed by atoms with Crippen LogP contribution in [-0.2, 0) is 0 Å². The van der Waals surface area contributed by atoms with Gasteiger partial charge in [0.05, 0.1) is 17.7 Å². The van der Waals surface area contributed by atoms with Crippen LogP contribution in [0.2, 0.25) is 0 Å². The van der Waals surface area contributed by atoms with E-state index in [0.717, 1.165) is 17.0 Å². The summed E-state index contributed by atoms with van der Waals surface area (Å²) < 4.78 is 5.20. The van der Waals surface area contributed by atoms with Crippen LogP contribution in [-0.4, -0.2) is 22.9 Å². The second kappa shape index (κ2) is 7.32. The van der Waals surface area contributed by atoms with E-state index in [1.54, 1.807) is 14.0 Å². The average Bonchev–Trinajstić information content (AvgIpc) is 3.09. The van der Waals surface area contributed by atoms with Gasteiger partial charge in [-0.25, -0.2) is 4.98 Å². The van der Waals surface area contributed by atoms with E-state index in [4.69, 9.17) is 4.74 Å². The fourth-order valence-electron chi connectivity index (χ4n) is 2.42. The molecule has 0 aliphatic rings. The molecule has 0 bridgehead atoms. The smallest absolute Gasteiger partial charge is 0.272 e. The predicted octanol–water partition coefficient (Wildman–Crippen LogP) is 4.29. The molecule has 0 unspecified atom stereocenters. The first-order valence-corrected chi connectivity index (χ1v) is 8.52. The molecule has 0 saturated carbocycles. The molecule has 2 aromatic carbocycles. The Balaban J connectivity index is 1.77. The van der Waals surface area contributed by atoms with Gasteiger partial charge in [0.1, 0.15) is 5.75 Å². The Hall–Kier alpha value is -3.26. The summed E-state index contributed by atoms with van der Waals surface area (Å²) in [6, 6.07) is 11.7. The number of aromatic nitrogens is 1. The van der Waals surface area contributed by atoms with Gasteiger partial charge in [-0.1, -0.05) is 12.1 Å². The summed E-state index contributed by atoms with van der Waals surface area (Å²) in [5, 5.41) is 15.9. The van der Waals surface area contributed by atoms with Crippen LogP contribution in [0, 0.1) is 17.0 Å². The number of hydrogen-bond acceptors (Lipinski definition) is 6. The molecule has 0 aliphatic carbocycles. The zero-order valence-corrected chi connectivity index (χ0v) is 14.9. The van der Waals surface area contributed by atoms with Crippen molar-refractivity contribution < 1.29 is 14.5 Å². The second-order valence-corrected chi connectivity index (χ2v) is 6.34. The van der Waals surface area contributed by atoms with Crippen LogP contribution in [0.3, 0.4) is 0 Å². The topological polar surface area (TPSA) is 94.4 Å². The third-order valence-electron chi connectivity index (χ3n) is 3.75. The van der Waals surface area contributed by atoms with Crippen LogP contribution in [0.25, 0.3) is 11.3 Å². The van der Waals surface area contributed by atoms with Gasteiger partial charge in [-0.05, 0) is 31.2 Å². The van der Waals surface area contributed by atoms with Crippen molar-refractivity contribution in [3.8, 4) is 17.0 Å². The van der Waals surface area contributed by atoms with E-state index in [2.05, 4.69) is 10.3 Å². The Morgan fingerprint density at radius 2 is 2.08 bits per heavy atom. The van der Waals surface area contributed by atoms with Gasteiger partial charge in [-0.3, -0.25) is 20.2 Å². The fraction of sp³-hybridized carbons (Fsp3) is 0.111. The normalized spacial score (nSPS) is 10.4. The highest BCUT2D eigenvalue weighted by Gasteiger charge is 2.15. The molecule has 3 aromatic rings. The first-order valence-electron chi connectivity index (χ1n) is 7.64. The lowest BCUT2D eigenvalue weighted by Gasteiger charge is -2.04. The van der Waals surface area contributed by atoms with Crippen molar-refractivity contribution in [1.82, 2.24) is 4.98 Å². The van der Waals surface area contributed by atoms with E-state index in [1.807, 2.05) is 29.6 Å². The first-order chi connectivity index (χ1) is 12.5. The predicted molar refractivity (Wildman–Crippen MR) is 99.9 cm³/mol. The monoisotopic (exact) mass is 369 g/mol. The molecule has 26 heavy (non-hydrogen) atoms. The Bertz CT molecular complexity index is 984. The van der Waals surface area contributed by atoms with E-state index < -0.39 is 4.92 Å². The number of nitrogens with one attached hydrogen (secondary N) is 1. The lowest BCUT2D eigenvalue weighted by molar-refractivity contribution is -0.385. The molecule has 1 aromatic heterocycles. The van der Waals surface area contributed by atoms with Crippen LogP contribution >= 0.6 is 11.3 Å². The van der Waals surface area contributed by atoms with Crippen LogP contribution in [0.5, 0.6) is 5.75 Å². The largest absolute Gasteiger partial charge is 0.497 e. The van der Waals surface area contributed by atoms with E-state index in [1.165, 1.54) is 29.5 Å². The summed E-state index contributed by atoms with van der Waals surface area (Å²) in [4.78, 5) is 27.2. The Morgan fingerprint density at radius 1 is 1.27 bits per heavy atom. The maximum absolute atomic E-state index is 12.4. The van der Waals surface area contributed by atoms with Crippen molar-refractivity contribution in [2.24, 2.45) is 0 Å². The summed E-state index contributed by atoms with van der Waals surface area (Å²) in [6.45, 7) is 1.60. The third-order valence-corrected chi connectivity index (χ3v) is 4.50. The summed E-state index contributed by atoms with van der Waals surface area (Å²) in [6.07, 6.45) is 0. The van der Waals surface area contributed by atoms with Crippen molar-refractivity contribution in [2.45, 2.75) is 6.92 Å². The molecule has 0 aliphatic heterocycles. The molecule has 7 nitrogen and oxygen atoms in total. The second-order valence-electron chi connectivity index (χ2n) is 5.48. The number of nitro benzene ring substituents is 1. The van der Waals surface area contributed by atoms with Gasteiger partial charge in [0.2, 0.25) is 0 Å². The van der Waals surface area contributed by atoms with E-state index >= 15 is 0 Å². The number of amides is 1. The molecule has 132 valence electrons. The number of carbonyl (C=O) groups excluding carboxylic acids is 1. The highest BCUT2D eigenvalue weighted by atomic mass is 32.1. The quantitative estimate of drug-likeness (QED) is 0.535. The number of ether oxygens (including phenoxy) is 1. The lowest BCUT2D eigenvalue weighted by Crippen LogP contribution is -2.12. The van der Waals surface area contributed by atoms with Gasteiger partial charge < -0.3 is 4.74 Å². The average molecular weight is 369 g/mol. The fourth-order valence-corrected chi connectivity index (χ4v) is 3.13. The molecule has 0 saturated heterocycles. The van der Waals surface area contributed by atoms with Crippen LogP contribution in [0.15, 0.2) is 47.8 Å². The van der Waals surface area contributed by atoms with Gasteiger partial charge in [0.15, 0.2) is 5.13 Å². The number of rotatable bonds is 5. The van der Waals surface area contributed by atoms with Gasteiger partial charge in [-0.15, -0.1) is 11.3 Å². The maximum atomic E-state index is 12.4. The minimum absolute atomic E-state index is 0.0175. The number of aryl methyl sites for hydroxylation is 1. The summed E-state index contributed by atoms with van der Waals surface area (Å²) >= 11 is 1.30. The Kier molecular flexibility index (Phi) is 4.94. The Morgan fingerprint density at radius 3 is 2.77 bits per heavy atom. The maximum Gasteiger partial charge on any atom is 0.272 e. The molecular weight excluding hydrogens is 354 g/mol. The first kappa shape index (κ1) is 17.6. The summed E-state index contributed by atoms with van der Waals surface area (Å²) in [5.41, 5.74) is 2.36. The zero-order valence-electron chi connectivity index (χ0n) is 14.1. The number of hydrogen-bond donors (Lipinski definition) is 1. The van der Waals surface area contributed by atoms with Gasteiger partial charge in [-0.2, -0.15) is 0 Å². The zero-order chi connectivity index (χ0) is 18.7. The highest BCUT2D eigenvalue weighted by molar-refractivity contribution is 7.14. The number of thiazole rings is 1. The van der Waals surface area contributed by atoms with Crippen molar-refractivity contribution in [3.63, 3.8) is 0 Å². The van der Waals surface area contributed by atoms with Crippen molar-refractivity contribution in [2.75, 3.05) is 12.4 Å². The number of nitro groups is 1. The van der Waals surface area contributed by atoms with Gasteiger partial charge >= 0.3 is 0 Å². The molecule has 8 heteroatoms. The van der Waals surface area contributed by atoms with Gasteiger partial charge in [0, 0.05) is 28.1 Å². The van der Waals surface area contributed by atoms with Crippen LogP contribution in [0.4, 0.5) is 10.8 Å². The van der Waals surface area contributed by atoms with Gasteiger partial charge in [0.25, 0.3) is 11.6 Å². The van der Waals surface area contributed by atoms with E-state index in [9.17, 15) is 14.9 Å². The van der Waals surface area contributed by atoms with Crippen molar-refractivity contribution in [1.29, 1.82) is 0 Å². The van der Waals surface area contributed by atoms with E-state index in [-0.39, 0.29) is 11.6 Å². The molecule has 0 fully saturated rings. The molecule has 0 spiro atoms. The molecular formula is C18H15N3O4S. The lowest BCUT2D eigenvalue weighted by atomic mass is 10.1. The van der Waals surface area contributed by atoms with E-state index in [0.29, 0.717) is 16.3 Å². The number of nitrogens with zero attached hydrogens (tertiary/aromatic N) is 2. The van der Waals surface area contributed by atoms with Crippen LogP contribution < -0.4 is 10.1 Å². The molecule has 1 N–H and O–H groups in total. The van der Waals surface area contributed by atoms with Crippen molar-refractivity contribution >= 4 is 28.1 Å². The number of methoxy groups -OCH3 is 1. The highest BCUT2D eigenvalue weighted by Crippen LogP contribution is 2.28. The minimum atomic E-state index is -0.474.